The van der Waals surface area contributed by atoms with Gasteiger partial charge in [0.15, 0.2) is 0 Å². The third-order valence-electron chi connectivity index (χ3n) is 2.32. The lowest BCUT2D eigenvalue weighted by atomic mass is 10.1. The van der Waals surface area contributed by atoms with Crippen molar-refractivity contribution in [3.05, 3.63) is 42.2 Å². The van der Waals surface area contributed by atoms with Crippen LogP contribution in [0.3, 0.4) is 0 Å². The Hall–Kier alpha value is -1.94. The Morgan fingerprint density at radius 2 is 2.12 bits per heavy atom. The van der Waals surface area contributed by atoms with Gasteiger partial charge in [0, 0.05) is 18.1 Å². The van der Waals surface area contributed by atoms with Crippen LogP contribution in [-0.2, 0) is 11.3 Å². The number of carbonyl (C=O) groups is 1. The Morgan fingerprint density at radius 3 is 2.94 bits per heavy atom. The summed E-state index contributed by atoms with van der Waals surface area (Å²) in [5.74, 6) is -0.861. The molecule has 0 atom stereocenters. The zero-order chi connectivity index (χ0) is 11.4. The number of aromatic nitrogens is 1. The molecule has 0 saturated carbocycles. The monoisotopic (exact) mass is 216 g/mol. The highest BCUT2D eigenvalue weighted by Gasteiger charge is 2.02. The van der Waals surface area contributed by atoms with Gasteiger partial charge in [-0.25, -0.2) is 0 Å². The number of nitrogens with one attached hydrogen (secondary N) is 1. The summed E-state index contributed by atoms with van der Waals surface area (Å²) < 4.78 is 0. The number of aliphatic carboxylic acids is 1. The molecular formula is C12H12N2O2. The van der Waals surface area contributed by atoms with Gasteiger partial charge in [0.05, 0.1) is 12.2 Å². The molecule has 16 heavy (non-hydrogen) atoms. The fourth-order valence-corrected chi connectivity index (χ4v) is 1.61. The van der Waals surface area contributed by atoms with Gasteiger partial charge in [0.25, 0.3) is 0 Å². The Bertz CT molecular complexity index is 506. The van der Waals surface area contributed by atoms with E-state index in [1.807, 2.05) is 30.3 Å². The van der Waals surface area contributed by atoms with Crippen LogP contribution >= 0.6 is 0 Å². The van der Waals surface area contributed by atoms with Crippen LogP contribution in [0.2, 0.25) is 0 Å². The van der Waals surface area contributed by atoms with Crippen LogP contribution in [0.1, 0.15) is 5.69 Å². The molecule has 2 N–H and O–H groups in total. The number of fused-ring (bicyclic) bond motifs is 1. The third-order valence-corrected chi connectivity index (χ3v) is 2.32. The van der Waals surface area contributed by atoms with Crippen molar-refractivity contribution in [2.75, 3.05) is 6.54 Å². The van der Waals surface area contributed by atoms with E-state index in [1.165, 1.54) is 0 Å². The van der Waals surface area contributed by atoms with E-state index >= 15 is 0 Å². The van der Waals surface area contributed by atoms with Crippen molar-refractivity contribution in [1.29, 1.82) is 0 Å². The number of pyridine rings is 1. The predicted octanol–water partition coefficient (Wildman–Crippen LogP) is 1.41. The largest absolute Gasteiger partial charge is 0.480 e. The van der Waals surface area contributed by atoms with Crippen LogP contribution in [0.25, 0.3) is 10.8 Å². The number of nitrogens with zero attached hydrogens (tertiary/aromatic N) is 1. The molecule has 0 aliphatic rings. The highest BCUT2D eigenvalue weighted by Crippen LogP contribution is 2.15. The van der Waals surface area contributed by atoms with Crippen LogP contribution in [0, 0.1) is 0 Å². The Labute approximate surface area is 92.9 Å². The van der Waals surface area contributed by atoms with Crippen LogP contribution in [0.4, 0.5) is 0 Å². The molecule has 4 nitrogen and oxygen atoms in total. The molecule has 1 heterocycles. The van der Waals surface area contributed by atoms with Crippen LogP contribution in [0.15, 0.2) is 36.5 Å². The molecule has 0 aliphatic heterocycles. The summed E-state index contributed by atoms with van der Waals surface area (Å²) in [4.78, 5) is 14.6. The van der Waals surface area contributed by atoms with E-state index in [0.717, 1.165) is 16.5 Å². The van der Waals surface area contributed by atoms with Crippen molar-refractivity contribution in [2.24, 2.45) is 0 Å². The first kappa shape index (κ1) is 10.6. The Morgan fingerprint density at radius 1 is 1.31 bits per heavy atom. The van der Waals surface area contributed by atoms with E-state index in [0.29, 0.717) is 6.54 Å². The second-order valence-electron chi connectivity index (χ2n) is 3.48. The molecule has 1 aromatic heterocycles. The summed E-state index contributed by atoms with van der Waals surface area (Å²) in [6.07, 6.45) is 1.74. The molecule has 82 valence electrons. The smallest absolute Gasteiger partial charge is 0.317 e. The van der Waals surface area contributed by atoms with Gasteiger partial charge in [-0.1, -0.05) is 24.3 Å². The normalized spacial score (nSPS) is 10.5. The maximum atomic E-state index is 10.4. The molecule has 0 unspecified atom stereocenters. The van der Waals surface area contributed by atoms with Gasteiger partial charge in [-0.2, -0.15) is 0 Å². The lowest BCUT2D eigenvalue weighted by Gasteiger charge is -2.05. The fraction of sp³-hybridized carbons (Fsp3) is 0.167. The summed E-state index contributed by atoms with van der Waals surface area (Å²) in [7, 11) is 0. The number of carboxylic acids is 1. The van der Waals surface area contributed by atoms with Crippen molar-refractivity contribution in [3.63, 3.8) is 0 Å². The average Bonchev–Trinajstić information content (AvgIpc) is 2.29. The number of hydrogen-bond donors (Lipinski definition) is 2. The van der Waals surface area contributed by atoms with Gasteiger partial charge in [-0.15, -0.1) is 0 Å². The molecule has 4 heteroatoms. The van der Waals surface area contributed by atoms with Crippen molar-refractivity contribution in [3.8, 4) is 0 Å². The van der Waals surface area contributed by atoms with E-state index in [-0.39, 0.29) is 6.54 Å². The summed E-state index contributed by atoms with van der Waals surface area (Å²) >= 11 is 0. The summed E-state index contributed by atoms with van der Waals surface area (Å²) in [6.45, 7) is 0.415. The van der Waals surface area contributed by atoms with Gasteiger partial charge in [-0.05, 0) is 11.5 Å². The second kappa shape index (κ2) is 4.72. The number of benzene rings is 1. The minimum Gasteiger partial charge on any atom is -0.480 e. The number of rotatable bonds is 4. The number of hydrogen-bond acceptors (Lipinski definition) is 3. The van der Waals surface area contributed by atoms with E-state index < -0.39 is 5.97 Å². The topological polar surface area (TPSA) is 62.2 Å². The quantitative estimate of drug-likeness (QED) is 0.811. The summed E-state index contributed by atoms with van der Waals surface area (Å²) in [5, 5.41) is 13.5. The molecule has 0 spiro atoms. The Kier molecular flexibility index (Phi) is 3.12. The Balaban J connectivity index is 2.20. The maximum absolute atomic E-state index is 10.4. The van der Waals surface area contributed by atoms with Crippen molar-refractivity contribution >= 4 is 16.7 Å². The molecule has 0 aliphatic carbocycles. The first-order chi connectivity index (χ1) is 7.77. The molecular weight excluding hydrogens is 204 g/mol. The van der Waals surface area contributed by atoms with Crippen molar-refractivity contribution < 1.29 is 9.90 Å². The lowest BCUT2D eigenvalue weighted by molar-refractivity contribution is -0.135. The van der Waals surface area contributed by atoms with E-state index in [1.54, 1.807) is 6.20 Å². The van der Waals surface area contributed by atoms with Crippen molar-refractivity contribution in [2.45, 2.75) is 6.54 Å². The van der Waals surface area contributed by atoms with E-state index in [4.69, 9.17) is 5.11 Å². The standard InChI is InChI=1S/C12H12N2O2/c15-12(16)8-13-7-11-10-4-2-1-3-9(10)5-6-14-11/h1-6,13H,7-8H2,(H,15,16). The van der Waals surface area contributed by atoms with E-state index in [9.17, 15) is 4.79 Å². The minimum atomic E-state index is -0.861. The maximum Gasteiger partial charge on any atom is 0.317 e. The summed E-state index contributed by atoms with van der Waals surface area (Å²) in [6, 6.07) is 9.86. The first-order valence-corrected chi connectivity index (χ1v) is 5.02. The SMILES string of the molecule is O=C(O)CNCc1nccc2ccccc12. The lowest BCUT2D eigenvalue weighted by Crippen LogP contribution is -2.22. The second-order valence-corrected chi connectivity index (χ2v) is 3.48. The zero-order valence-corrected chi connectivity index (χ0v) is 8.68. The minimum absolute atomic E-state index is 0.0507. The molecule has 0 radical (unpaired) electrons. The van der Waals surface area contributed by atoms with Gasteiger partial charge in [0.2, 0.25) is 0 Å². The van der Waals surface area contributed by atoms with Crippen LogP contribution in [-0.4, -0.2) is 22.6 Å². The fourth-order valence-electron chi connectivity index (χ4n) is 1.61. The first-order valence-electron chi connectivity index (χ1n) is 5.02. The van der Waals surface area contributed by atoms with Gasteiger partial charge in [-0.3, -0.25) is 9.78 Å². The zero-order valence-electron chi connectivity index (χ0n) is 8.68. The third kappa shape index (κ3) is 2.35. The van der Waals surface area contributed by atoms with Gasteiger partial charge in [0.1, 0.15) is 0 Å². The highest BCUT2D eigenvalue weighted by molar-refractivity contribution is 5.84. The predicted molar refractivity (Wildman–Crippen MR) is 61.1 cm³/mol. The highest BCUT2D eigenvalue weighted by atomic mass is 16.4. The van der Waals surface area contributed by atoms with Gasteiger partial charge < -0.3 is 10.4 Å². The molecule has 0 saturated heterocycles. The summed E-state index contributed by atoms with van der Waals surface area (Å²) in [5.41, 5.74) is 0.874. The molecule has 0 bridgehead atoms. The molecule has 1 aromatic carbocycles. The average molecular weight is 216 g/mol. The molecule has 2 rings (SSSR count). The van der Waals surface area contributed by atoms with Crippen molar-refractivity contribution in [1.82, 2.24) is 10.3 Å². The molecule has 0 amide bonds. The van der Waals surface area contributed by atoms with Crippen LogP contribution in [0.5, 0.6) is 0 Å². The van der Waals surface area contributed by atoms with E-state index in [2.05, 4.69) is 10.3 Å². The molecule has 0 fully saturated rings. The molecule has 2 aromatic rings. The number of carboxylic acid groups (broad SMARTS) is 1. The van der Waals surface area contributed by atoms with Crippen LogP contribution < -0.4 is 5.32 Å². The van der Waals surface area contributed by atoms with Gasteiger partial charge >= 0.3 is 5.97 Å².